The first-order chi connectivity index (χ1) is 9.65. The number of carbonyl (C=O) groups excluding carboxylic acids is 1. The second-order valence-electron chi connectivity index (χ2n) is 6.59. The molecule has 2 heterocycles. The molecule has 0 aromatic carbocycles. The summed E-state index contributed by atoms with van der Waals surface area (Å²) in [5.74, 6) is 0.832. The molecule has 108 valence electrons. The summed E-state index contributed by atoms with van der Waals surface area (Å²) in [6, 6.07) is 4.12. The van der Waals surface area contributed by atoms with Crippen LogP contribution in [0.3, 0.4) is 0 Å². The summed E-state index contributed by atoms with van der Waals surface area (Å²) in [7, 11) is 0. The molecule has 2 unspecified atom stereocenters. The molecule has 1 aliphatic heterocycles. The smallest absolute Gasteiger partial charge is 0.149 e. The van der Waals surface area contributed by atoms with Crippen LogP contribution >= 0.6 is 0 Å². The lowest BCUT2D eigenvalue weighted by atomic mass is 9.66. The summed E-state index contributed by atoms with van der Waals surface area (Å²) in [5, 5.41) is 3.40. The third-order valence-electron chi connectivity index (χ3n) is 5.30. The number of hydrogen-bond acceptors (Lipinski definition) is 3. The van der Waals surface area contributed by atoms with Crippen LogP contribution in [0.25, 0.3) is 0 Å². The SMILES string of the molecule is CC(C)C1(C(=O)C2CCCc3cccnc32)CCNC1. The van der Waals surface area contributed by atoms with Gasteiger partial charge in [0.25, 0.3) is 0 Å². The quantitative estimate of drug-likeness (QED) is 0.920. The largest absolute Gasteiger partial charge is 0.316 e. The third-order valence-corrected chi connectivity index (χ3v) is 5.30. The molecule has 2 aliphatic rings. The molecule has 0 bridgehead atoms. The topological polar surface area (TPSA) is 42.0 Å². The number of hydrogen-bond donors (Lipinski definition) is 1. The van der Waals surface area contributed by atoms with E-state index in [1.165, 1.54) is 5.56 Å². The maximum absolute atomic E-state index is 13.2. The molecule has 1 saturated heterocycles. The van der Waals surface area contributed by atoms with Crippen molar-refractivity contribution in [1.82, 2.24) is 10.3 Å². The molecule has 0 saturated carbocycles. The van der Waals surface area contributed by atoms with Crippen LogP contribution in [0.4, 0.5) is 0 Å². The summed E-state index contributed by atoms with van der Waals surface area (Å²) >= 11 is 0. The number of aryl methyl sites for hydroxylation is 1. The van der Waals surface area contributed by atoms with Gasteiger partial charge in [-0.25, -0.2) is 0 Å². The first-order valence-electron chi connectivity index (χ1n) is 7.84. The number of ketones is 1. The standard InChI is InChI=1S/C17H24N2O/c1-12(2)17(8-10-18-11-17)16(20)14-7-3-5-13-6-4-9-19-15(13)14/h4,6,9,12,14,18H,3,5,7-8,10-11H2,1-2H3. The summed E-state index contributed by atoms with van der Waals surface area (Å²) in [6.45, 7) is 6.17. The number of pyridine rings is 1. The molecule has 2 atom stereocenters. The molecule has 1 aromatic rings. The Morgan fingerprint density at radius 3 is 3.05 bits per heavy atom. The minimum Gasteiger partial charge on any atom is -0.316 e. The van der Waals surface area contributed by atoms with Gasteiger partial charge in [0.05, 0.1) is 11.6 Å². The molecule has 1 fully saturated rings. The van der Waals surface area contributed by atoms with Crippen LogP contribution in [0.2, 0.25) is 0 Å². The van der Waals surface area contributed by atoms with E-state index in [4.69, 9.17) is 0 Å². The Balaban J connectivity index is 1.95. The first kappa shape index (κ1) is 13.7. The van der Waals surface area contributed by atoms with Crippen molar-refractivity contribution in [3.63, 3.8) is 0 Å². The van der Waals surface area contributed by atoms with Gasteiger partial charge in [-0.1, -0.05) is 19.9 Å². The van der Waals surface area contributed by atoms with Crippen LogP contribution in [0.5, 0.6) is 0 Å². The predicted molar refractivity (Wildman–Crippen MR) is 79.7 cm³/mol. The zero-order chi connectivity index (χ0) is 14.2. The monoisotopic (exact) mass is 272 g/mol. The Kier molecular flexibility index (Phi) is 3.63. The Labute approximate surface area is 121 Å². The Morgan fingerprint density at radius 1 is 1.50 bits per heavy atom. The van der Waals surface area contributed by atoms with E-state index in [0.29, 0.717) is 11.7 Å². The van der Waals surface area contributed by atoms with E-state index in [1.807, 2.05) is 12.3 Å². The van der Waals surface area contributed by atoms with Gasteiger partial charge in [0.1, 0.15) is 5.78 Å². The Hall–Kier alpha value is -1.22. The van der Waals surface area contributed by atoms with Crippen molar-refractivity contribution in [2.45, 2.75) is 45.4 Å². The third kappa shape index (κ3) is 2.08. The fraction of sp³-hybridized carbons (Fsp3) is 0.647. The van der Waals surface area contributed by atoms with Crippen molar-refractivity contribution < 1.29 is 4.79 Å². The van der Waals surface area contributed by atoms with Gasteiger partial charge in [0, 0.05) is 18.2 Å². The van der Waals surface area contributed by atoms with E-state index in [0.717, 1.165) is 44.5 Å². The number of nitrogens with zero attached hydrogens (tertiary/aromatic N) is 1. The highest BCUT2D eigenvalue weighted by molar-refractivity contribution is 5.92. The van der Waals surface area contributed by atoms with Crippen molar-refractivity contribution in [1.29, 1.82) is 0 Å². The van der Waals surface area contributed by atoms with Crippen LogP contribution in [-0.2, 0) is 11.2 Å². The van der Waals surface area contributed by atoms with Crippen molar-refractivity contribution >= 4 is 5.78 Å². The molecule has 3 heteroatoms. The molecule has 1 aliphatic carbocycles. The number of fused-ring (bicyclic) bond motifs is 1. The summed E-state index contributed by atoms with van der Waals surface area (Å²) in [6.07, 6.45) is 5.95. The molecule has 0 amide bonds. The molecule has 3 nitrogen and oxygen atoms in total. The number of Topliss-reactive ketones (excluding diaryl/α,β-unsaturated/α-hetero) is 1. The van der Waals surface area contributed by atoms with Crippen molar-refractivity contribution in [3.8, 4) is 0 Å². The lowest BCUT2D eigenvalue weighted by Gasteiger charge is -2.36. The molecule has 3 rings (SSSR count). The lowest BCUT2D eigenvalue weighted by molar-refractivity contribution is -0.132. The van der Waals surface area contributed by atoms with Crippen molar-refractivity contribution in [2.75, 3.05) is 13.1 Å². The van der Waals surface area contributed by atoms with E-state index in [9.17, 15) is 4.79 Å². The molecule has 0 spiro atoms. The van der Waals surface area contributed by atoms with Crippen LogP contribution in [-0.4, -0.2) is 23.9 Å². The van der Waals surface area contributed by atoms with Gasteiger partial charge in [-0.3, -0.25) is 9.78 Å². The molecule has 0 radical (unpaired) electrons. The van der Waals surface area contributed by atoms with Crippen molar-refractivity contribution in [2.24, 2.45) is 11.3 Å². The van der Waals surface area contributed by atoms with E-state index in [-0.39, 0.29) is 11.3 Å². The number of nitrogens with one attached hydrogen (secondary N) is 1. The zero-order valence-corrected chi connectivity index (χ0v) is 12.5. The molecular formula is C17H24N2O. The number of carbonyl (C=O) groups is 1. The molecule has 1 aromatic heterocycles. The van der Waals surface area contributed by atoms with Crippen LogP contribution < -0.4 is 5.32 Å². The number of rotatable bonds is 3. The zero-order valence-electron chi connectivity index (χ0n) is 12.5. The minimum absolute atomic E-state index is 0.0160. The van der Waals surface area contributed by atoms with Crippen LogP contribution in [0.15, 0.2) is 18.3 Å². The maximum atomic E-state index is 13.2. The minimum atomic E-state index is -0.184. The van der Waals surface area contributed by atoms with E-state index in [2.05, 4.69) is 30.2 Å². The van der Waals surface area contributed by atoms with Gasteiger partial charge in [-0.15, -0.1) is 0 Å². The molecule has 1 N–H and O–H groups in total. The van der Waals surface area contributed by atoms with Gasteiger partial charge in [0.2, 0.25) is 0 Å². The summed E-state index contributed by atoms with van der Waals surface area (Å²) in [4.78, 5) is 17.8. The van der Waals surface area contributed by atoms with Gasteiger partial charge in [-0.2, -0.15) is 0 Å². The van der Waals surface area contributed by atoms with Gasteiger partial charge < -0.3 is 5.32 Å². The maximum Gasteiger partial charge on any atom is 0.149 e. The highest BCUT2D eigenvalue weighted by atomic mass is 16.1. The normalized spacial score (nSPS) is 29.4. The van der Waals surface area contributed by atoms with Crippen LogP contribution in [0.1, 0.15) is 50.3 Å². The lowest BCUT2D eigenvalue weighted by Crippen LogP contribution is -2.42. The summed E-state index contributed by atoms with van der Waals surface area (Å²) in [5.41, 5.74) is 2.15. The van der Waals surface area contributed by atoms with Crippen LogP contribution in [0, 0.1) is 11.3 Å². The Morgan fingerprint density at radius 2 is 2.35 bits per heavy atom. The second-order valence-corrected chi connectivity index (χ2v) is 6.59. The molecule has 20 heavy (non-hydrogen) atoms. The van der Waals surface area contributed by atoms with E-state index >= 15 is 0 Å². The second kappa shape index (κ2) is 5.28. The Bertz CT molecular complexity index is 503. The van der Waals surface area contributed by atoms with Gasteiger partial charge >= 0.3 is 0 Å². The van der Waals surface area contributed by atoms with Crippen molar-refractivity contribution in [3.05, 3.63) is 29.6 Å². The average molecular weight is 272 g/mol. The first-order valence-corrected chi connectivity index (χ1v) is 7.84. The predicted octanol–water partition coefficient (Wildman–Crippen LogP) is 2.71. The average Bonchev–Trinajstić information content (AvgIpc) is 2.97. The van der Waals surface area contributed by atoms with E-state index < -0.39 is 0 Å². The highest BCUT2D eigenvalue weighted by Crippen LogP contribution is 2.43. The molecular weight excluding hydrogens is 248 g/mol. The fourth-order valence-corrected chi connectivity index (χ4v) is 3.91. The highest BCUT2D eigenvalue weighted by Gasteiger charge is 2.47. The van der Waals surface area contributed by atoms with Gasteiger partial charge in [0.15, 0.2) is 0 Å². The summed E-state index contributed by atoms with van der Waals surface area (Å²) < 4.78 is 0. The fourth-order valence-electron chi connectivity index (χ4n) is 3.91. The number of aromatic nitrogens is 1. The van der Waals surface area contributed by atoms with E-state index in [1.54, 1.807) is 0 Å². The van der Waals surface area contributed by atoms with Gasteiger partial charge in [-0.05, 0) is 49.8 Å².